The van der Waals surface area contributed by atoms with Gasteiger partial charge in [-0.3, -0.25) is 4.79 Å². The molecule has 0 spiro atoms. The molecule has 0 saturated carbocycles. The number of aromatic nitrogens is 2. The lowest BCUT2D eigenvalue weighted by atomic mass is 10.1. The van der Waals surface area contributed by atoms with Gasteiger partial charge in [-0.15, -0.1) is 0 Å². The molecule has 140 valence electrons. The molecule has 0 saturated heterocycles. The van der Waals surface area contributed by atoms with Gasteiger partial charge in [0.15, 0.2) is 5.76 Å². The first-order valence-electron chi connectivity index (χ1n) is 9.13. The highest BCUT2D eigenvalue weighted by Crippen LogP contribution is 2.25. The third kappa shape index (κ3) is 3.60. The van der Waals surface area contributed by atoms with Gasteiger partial charge in [0.1, 0.15) is 5.76 Å². The van der Waals surface area contributed by atoms with Gasteiger partial charge in [-0.25, -0.2) is 4.68 Å². The molecule has 0 aliphatic heterocycles. The van der Waals surface area contributed by atoms with Crippen molar-refractivity contribution in [1.29, 1.82) is 0 Å². The summed E-state index contributed by atoms with van der Waals surface area (Å²) in [5.74, 6) is 0.912. The number of hydrogen-bond donors (Lipinski definition) is 0. The summed E-state index contributed by atoms with van der Waals surface area (Å²) in [6, 6.07) is 23.5. The molecule has 2 heterocycles. The molecule has 1 amide bonds. The molecular formula is C23H21N3O2. The molecule has 0 unspecified atom stereocenters. The fraction of sp³-hybridized carbons (Fsp3) is 0.130. The summed E-state index contributed by atoms with van der Waals surface area (Å²) in [6.07, 6.45) is 1.98. The lowest BCUT2D eigenvalue weighted by Gasteiger charge is -2.15. The number of amides is 1. The third-order valence-corrected chi connectivity index (χ3v) is 4.56. The number of benzene rings is 2. The molecule has 0 bridgehead atoms. The molecule has 4 rings (SSSR count). The zero-order valence-electron chi connectivity index (χ0n) is 15.9. The van der Waals surface area contributed by atoms with Gasteiger partial charge in [0.25, 0.3) is 5.91 Å². The molecule has 0 N–H and O–H groups in total. The van der Waals surface area contributed by atoms with Crippen LogP contribution in [0.2, 0.25) is 0 Å². The number of nitrogens with zero attached hydrogens (tertiary/aromatic N) is 3. The first-order valence-corrected chi connectivity index (χ1v) is 9.13. The molecule has 28 heavy (non-hydrogen) atoms. The van der Waals surface area contributed by atoms with Crippen molar-refractivity contribution in [3.63, 3.8) is 0 Å². The van der Waals surface area contributed by atoms with E-state index in [1.165, 1.54) is 0 Å². The van der Waals surface area contributed by atoms with Gasteiger partial charge in [-0.2, -0.15) is 5.10 Å². The van der Waals surface area contributed by atoms with Crippen LogP contribution < -0.4 is 0 Å². The maximum absolute atomic E-state index is 12.7. The Morgan fingerprint density at radius 1 is 1.00 bits per heavy atom. The Morgan fingerprint density at radius 2 is 1.68 bits per heavy atom. The Labute approximate surface area is 163 Å². The van der Waals surface area contributed by atoms with E-state index in [1.807, 2.05) is 78.5 Å². The summed E-state index contributed by atoms with van der Waals surface area (Å²) in [7, 11) is 1.77. The van der Waals surface area contributed by atoms with Crippen molar-refractivity contribution >= 4 is 5.91 Å². The number of furan rings is 1. The highest BCUT2D eigenvalue weighted by atomic mass is 16.3. The number of para-hydroxylation sites is 1. The number of rotatable bonds is 5. The van der Waals surface area contributed by atoms with Crippen LogP contribution in [-0.4, -0.2) is 27.6 Å². The second-order valence-electron chi connectivity index (χ2n) is 6.72. The SMILES string of the molecule is Cc1ccc(C(=O)N(C)Cc2cn(-c3ccccc3)nc2-c2ccccc2)o1. The number of carbonyl (C=O) groups is 1. The Hall–Kier alpha value is -3.60. The van der Waals surface area contributed by atoms with Crippen molar-refractivity contribution < 1.29 is 9.21 Å². The average Bonchev–Trinajstić information content (AvgIpc) is 3.35. The van der Waals surface area contributed by atoms with E-state index in [4.69, 9.17) is 9.52 Å². The predicted octanol–water partition coefficient (Wildman–Crippen LogP) is 4.71. The maximum atomic E-state index is 12.7. The summed E-state index contributed by atoms with van der Waals surface area (Å²) in [4.78, 5) is 14.3. The van der Waals surface area contributed by atoms with Crippen molar-refractivity contribution in [2.75, 3.05) is 7.05 Å². The lowest BCUT2D eigenvalue weighted by Crippen LogP contribution is -2.25. The van der Waals surface area contributed by atoms with Gasteiger partial charge < -0.3 is 9.32 Å². The van der Waals surface area contributed by atoms with E-state index in [1.54, 1.807) is 24.1 Å². The Bertz CT molecular complexity index is 1080. The summed E-state index contributed by atoms with van der Waals surface area (Å²) in [5.41, 5.74) is 3.82. The smallest absolute Gasteiger partial charge is 0.289 e. The van der Waals surface area contributed by atoms with Crippen molar-refractivity contribution in [3.8, 4) is 16.9 Å². The fourth-order valence-corrected chi connectivity index (χ4v) is 3.14. The van der Waals surface area contributed by atoms with Gasteiger partial charge >= 0.3 is 0 Å². The Balaban J connectivity index is 1.68. The van der Waals surface area contributed by atoms with Gasteiger partial charge in [-0.1, -0.05) is 48.5 Å². The first-order chi connectivity index (χ1) is 13.6. The van der Waals surface area contributed by atoms with Crippen LogP contribution in [0, 0.1) is 6.92 Å². The van der Waals surface area contributed by atoms with E-state index in [9.17, 15) is 4.79 Å². The maximum Gasteiger partial charge on any atom is 0.289 e. The molecule has 0 radical (unpaired) electrons. The van der Waals surface area contributed by atoms with Crippen LogP contribution >= 0.6 is 0 Å². The van der Waals surface area contributed by atoms with E-state index in [2.05, 4.69) is 0 Å². The van der Waals surface area contributed by atoms with Crippen LogP contribution in [0.3, 0.4) is 0 Å². The minimum Gasteiger partial charge on any atom is -0.456 e. The molecule has 2 aromatic carbocycles. The number of aryl methyl sites for hydroxylation is 1. The quantitative estimate of drug-likeness (QED) is 0.510. The number of carbonyl (C=O) groups excluding carboxylic acids is 1. The van der Waals surface area contributed by atoms with Crippen LogP contribution in [0.4, 0.5) is 0 Å². The highest BCUT2D eigenvalue weighted by Gasteiger charge is 2.19. The Morgan fingerprint density at radius 3 is 2.32 bits per heavy atom. The van der Waals surface area contributed by atoms with Crippen LogP contribution in [-0.2, 0) is 6.54 Å². The normalized spacial score (nSPS) is 10.8. The van der Waals surface area contributed by atoms with E-state index in [-0.39, 0.29) is 5.91 Å². The van der Waals surface area contributed by atoms with Crippen LogP contribution in [0.1, 0.15) is 21.9 Å². The lowest BCUT2D eigenvalue weighted by molar-refractivity contribution is 0.0752. The summed E-state index contributed by atoms with van der Waals surface area (Å²) < 4.78 is 7.34. The van der Waals surface area contributed by atoms with E-state index < -0.39 is 0 Å². The summed E-state index contributed by atoms with van der Waals surface area (Å²) >= 11 is 0. The minimum atomic E-state index is -0.153. The molecule has 0 aliphatic carbocycles. The standard InChI is InChI=1S/C23H21N3O2/c1-17-13-14-21(28-17)23(27)25(2)15-19-16-26(20-11-7-4-8-12-20)24-22(19)18-9-5-3-6-10-18/h3-14,16H,15H2,1-2H3. The topological polar surface area (TPSA) is 51.3 Å². The molecule has 5 nitrogen and oxygen atoms in total. The summed E-state index contributed by atoms with van der Waals surface area (Å²) in [5, 5.41) is 4.80. The average molecular weight is 371 g/mol. The molecule has 0 fully saturated rings. The second kappa shape index (κ2) is 7.56. The number of hydrogen-bond acceptors (Lipinski definition) is 3. The van der Waals surface area contributed by atoms with E-state index in [0.717, 1.165) is 28.3 Å². The van der Waals surface area contributed by atoms with Gasteiger partial charge in [0.05, 0.1) is 11.4 Å². The van der Waals surface area contributed by atoms with Gasteiger partial charge in [-0.05, 0) is 31.2 Å². The molecular weight excluding hydrogens is 350 g/mol. The second-order valence-corrected chi connectivity index (χ2v) is 6.72. The minimum absolute atomic E-state index is 0.153. The molecule has 5 heteroatoms. The zero-order valence-corrected chi connectivity index (χ0v) is 15.9. The van der Waals surface area contributed by atoms with Crippen molar-refractivity contribution in [2.24, 2.45) is 0 Å². The third-order valence-electron chi connectivity index (χ3n) is 4.56. The van der Waals surface area contributed by atoms with Crippen LogP contribution in [0.5, 0.6) is 0 Å². The van der Waals surface area contributed by atoms with Crippen molar-refractivity contribution in [3.05, 3.63) is 96.1 Å². The molecule has 4 aromatic rings. The fourth-order valence-electron chi connectivity index (χ4n) is 3.14. The highest BCUT2D eigenvalue weighted by molar-refractivity contribution is 5.91. The molecule has 0 aliphatic rings. The van der Waals surface area contributed by atoms with Gasteiger partial charge in [0.2, 0.25) is 0 Å². The van der Waals surface area contributed by atoms with Gasteiger partial charge in [0, 0.05) is 30.9 Å². The van der Waals surface area contributed by atoms with Crippen LogP contribution in [0.15, 0.2) is 83.4 Å². The molecule has 0 atom stereocenters. The first kappa shape index (κ1) is 17.8. The summed E-state index contributed by atoms with van der Waals surface area (Å²) in [6.45, 7) is 2.25. The Kier molecular flexibility index (Phi) is 4.81. The predicted molar refractivity (Wildman–Crippen MR) is 108 cm³/mol. The van der Waals surface area contributed by atoms with Crippen molar-refractivity contribution in [2.45, 2.75) is 13.5 Å². The van der Waals surface area contributed by atoms with Crippen LogP contribution in [0.25, 0.3) is 16.9 Å². The van der Waals surface area contributed by atoms with E-state index in [0.29, 0.717) is 12.3 Å². The van der Waals surface area contributed by atoms with Crippen molar-refractivity contribution in [1.82, 2.24) is 14.7 Å². The molecule has 2 aromatic heterocycles. The zero-order chi connectivity index (χ0) is 19.5. The van der Waals surface area contributed by atoms with E-state index >= 15 is 0 Å². The largest absolute Gasteiger partial charge is 0.456 e. The monoisotopic (exact) mass is 371 g/mol.